The highest BCUT2D eigenvalue weighted by Crippen LogP contribution is 2.44. The van der Waals surface area contributed by atoms with Crippen LogP contribution in [0.15, 0.2) is 127 Å². The zero-order valence-electron chi connectivity index (χ0n) is 41.0. The van der Waals surface area contributed by atoms with Crippen LogP contribution >= 0.6 is 11.3 Å². The first kappa shape index (κ1) is 47.4. The van der Waals surface area contributed by atoms with Crippen molar-refractivity contribution in [3.8, 4) is 34.2 Å². The van der Waals surface area contributed by atoms with E-state index in [-0.39, 0.29) is 54.6 Å². The van der Waals surface area contributed by atoms with Crippen molar-refractivity contribution in [1.82, 2.24) is 24.1 Å². The van der Waals surface area contributed by atoms with Gasteiger partial charge in [0.15, 0.2) is 17.5 Å². The second-order valence-corrected chi connectivity index (χ2v) is 19.8. The first-order valence-corrected chi connectivity index (χ1v) is 25.5. The summed E-state index contributed by atoms with van der Waals surface area (Å²) in [4.78, 5) is 16.7. The highest BCUT2D eigenvalue weighted by atomic mass is 32.1. The molecule has 0 aliphatic heterocycles. The maximum Gasteiger partial charge on any atom is 0.165 e. The standard InChI is InChI=1S/C57H25B10N5S.C2H6/c58-41-35-36(42(59)46(63)45(41)62)38-40-39-37(35)43(60)47(64)49(66)52(39)72(53(40)50(67)48(65)44(38)61)33-18-9-14-29-27-12-4-6-17-32(27)71(51(29)33)26-22-20-25(21-23-26)56-68-55(24-10-2-1-3-11-24)69-57(70-56)31-16-8-15-30-28-13-5-7-19-34(28)73-54(30)31;1-2/h1-7,9-14,16-23H,8,15H2;1-2H3. The van der Waals surface area contributed by atoms with Crippen LogP contribution in [-0.2, 0) is 6.42 Å². The van der Waals surface area contributed by atoms with Gasteiger partial charge in [-0.3, -0.25) is 0 Å². The third-order valence-electron chi connectivity index (χ3n) is 14.9. The quantitative estimate of drug-likeness (QED) is 0.196. The van der Waals surface area contributed by atoms with Gasteiger partial charge in [-0.1, -0.05) is 132 Å². The van der Waals surface area contributed by atoms with Gasteiger partial charge in [0.25, 0.3) is 0 Å². The van der Waals surface area contributed by atoms with Crippen molar-refractivity contribution in [3.05, 3.63) is 144 Å². The molecular formula is C59H31B10N5S. The van der Waals surface area contributed by atoms with Crippen LogP contribution in [0.1, 0.15) is 36.5 Å². The number of aryl methyl sites for hydroxylation is 1. The lowest BCUT2D eigenvalue weighted by atomic mass is 9.60. The van der Waals surface area contributed by atoms with E-state index in [0.29, 0.717) is 66.5 Å². The molecule has 75 heavy (non-hydrogen) atoms. The summed E-state index contributed by atoms with van der Waals surface area (Å²) in [6, 6.07) is 41.3. The molecule has 0 saturated heterocycles. The number of fused-ring (bicyclic) bond motifs is 9. The van der Waals surface area contributed by atoms with Gasteiger partial charge in [-0.2, -0.15) is 0 Å². The van der Waals surface area contributed by atoms with Gasteiger partial charge < -0.3 is 9.13 Å². The Balaban J connectivity index is 0.00000267. The predicted octanol–water partition coefficient (Wildman–Crippen LogP) is 3.70. The fraction of sp³-hybridized carbons (Fsp3) is 0.0678. The van der Waals surface area contributed by atoms with Gasteiger partial charge >= 0.3 is 0 Å². The monoisotopic (exact) mass is 951 g/mol. The first-order valence-electron chi connectivity index (χ1n) is 24.7. The van der Waals surface area contributed by atoms with Crippen LogP contribution < -0.4 is 54.6 Å². The Bertz CT molecular complexity index is 4500. The molecule has 328 valence electrons. The Morgan fingerprint density at radius 2 is 0.907 bits per heavy atom. The second-order valence-electron chi connectivity index (χ2n) is 18.7. The Labute approximate surface area is 451 Å². The Morgan fingerprint density at radius 3 is 1.52 bits per heavy atom. The normalized spacial score (nSPS) is 12.6. The fourth-order valence-electron chi connectivity index (χ4n) is 11.5. The molecule has 0 N–H and O–H groups in total. The smallest absolute Gasteiger partial charge is 0.165 e. The van der Waals surface area contributed by atoms with Gasteiger partial charge in [-0.15, -0.1) is 33.2 Å². The number of para-hydroxylation sites is 2. The number of nitrogens with zero attached hydrogens (tertiary/aromatic N) is 5. The molecule has 0 amide bonds. The van der Waals surface area contributed by atoms with E-state index >= 15 is 0 Å². The van der Waals surface area contributed by atoms with Crippen molar-refractivity contribution < 1.29 is 0 Å². The van der Waals surface area contributed by atoms with Crippen molar-refractivity contribution in [2.75, 3.05) is 0 Å². The Hall–Kier alpha value is -7.28. The van der Waals surface area contributed by atoms with Crippen molar-refractivity contribution in [2.24, 2.45) is 0 Å². The van der Waals surface area contributed by atoms with E-state index in [1.165, 1.54) is 20.5 Å². The summed E-state index contributed by atoms with van der Waals surface area (Å²) in [6.07, 6.45) is 4.12. The number of hydrogen-bond donors (Lipinski definition) is 0. The van der Waals surface area contributed by atoms with E-state index in [9.17, 15) is 0 Å². The van der Waals surface area contributed by atoms with Gasteiger partial charge in [0.05, 0.1) is 16.7 Å². The lowest BCUT2D eigenvalue weighted by Crippen LogP contribution is -2.49. The number of thiophene rings is 1. The van der Waals surface area contributed by atoms with Crippen molar-refractivity contribution in [2.45, 2.75) is 26.7 Å². The Morgan fingerprint density at radius 1 is 0.413 bits per heavy atom. The zero-order chi connectivity index (χ0) is 51.9. The van der Waals surface area contributed by atoms with Crippen LogP contribution in [0.5, 0.6) is 0 Å². The molecule has 0 atom stereocenters. The topological polar surface area (TPSA) is 48.5 Å². The molecule has 14 rings (SSSR count). The minimum Gasteiger partial charge on any atom is -0.308 e. The van der Waals surface area contributed by atoms with E-state index in [0.717, 1.165) is 57.0 Å². The van der Waals surface area contributed by atoms with Gasteiger partial charge in [0, 0.05) is 64.5 Å². The second kappa shape index (κ2) is 17.7. The van der Waals surface area contributed by atoms with Crippen LogP contribution in [0.3, 0.4) is 0 Å². The highest BCUT2D eigenvalue weighted by molar-refractivity contribution is 7.20. The molecule has 20 radical (unpaired) electrons. The summed E-state index contributed by atoms with van der Waals surface area (Å²) in [5, 5.41) is 6.29. The molecule has 5 nitrogen and oxygen atoms in total. The fourth-order valence-corrected chi connectivity index (χ4v) is 12.8. The van der Waals surface area contributed by atoms with Gasteiger partial charge in [0.1, 0.15) is 78.5 Å². The van der Waals surface area contributed by atoms with E-state index in [2.05, 4.69) is 77.4 Å². The average molecular weight is 950 g/mol. The number of aromatic nitrogens is 5. The molecule has 16 heteroatoms. The number of benzene rings is 9. The first-order chi connectivity index (χ1) is 36.4. The summed E-state index contributed by atoms with van der Waals surface area (Å²) in [5.74, 6) is 1.79. The number of allylic oxidation sites excluding steroid dienone is 1. The summed E-state index contributed by atoms with van der Waals surface area (Å²) in [7, 11) is 69.0. The molecule has 9 aromatic carbocycles. The summed E-state index contributed by atoms with van der Waals surface area (Å²) in [6.45, 7) is 4.00. The SMILES string of the molecule is CC.[B]c1c([B])c([B])c2c(c1[B])c1c([B])c([B])c([B])c3c1c1c2c([B])c([B])c([B])c1n3-c1cccc2c3ccccc3n(-c3ccc(-c4nc(C5=CCCc6c5sc5ccccc65)nc(-c5ccccc5)n4)cc3)c12. The predicted molar refractivity (Wildman–Crippen MR) is 328 cm³/mol. The van der Waals surface area contributed by atoms with Crippen LogP contribution in [0.4, 0.5) is 0 Å². The largest absolute Gasteiger partial charge is 0.308 e. The van der Waals surface area contributed by atoms with E-state index in [1.54, 1.807) is 11.3 Å². The van der Waals surface area contributed by atoms with Crippen LogP contribution in [0.25, 0.3) is 115 Å². The summed E-state index contributed by atoms with van der Waals surface area (Å²) < 4.78 is 5.48. The van der Waals surface area contributed by atoms with E-state index < -0.39 is 0 Å². The maximum atomic E-state index is 7.16. The zero-order valence-corrected chi connectivity index (χ0v) is 41.8. The molecule has 0 unspecified atom stereocenters. The van der Waals surface area contributed by atoms with Crippen molar-refractivity contribution in [3.63, 3.8) is 0 Å². The molecule has 0 bridgehead atoms. The Kier molecular flexibility index (Phi) is 11.2. The molecule has 4 heterocycles. The van der Waals surface area contributed by atoms with E-state index in [4.69, 9.17) is 93.4 Å². The van der Waals surface area contributed by atoms with E-state index in [1.807, 2.05) is 73.0 Å². The third kappa shape index (κ3) is 6.67. The van der Waals surface area contributed by atoms with Crippen molar-refractivity contribution >= 4 is 225 Å². The lowest BCUT2D eigenvalue weighted by molar-refractivity contribution is 0.978. The van der Waals surface area contributed by atoms with Crippen LogP contribution in [-0.4, -0.2) is 103 Å². The number of rotatable bonds is 5. The summed E-state index contributed by atoms with van der Waals surface area (Å²) in [5.41, 5.74) is 10.1. The van der Waals surface area contributed by atoms with Gasteiger partial charge in [-0.05, 0) is 87.8 Å². The van der Waals surface area contributed by atoms with Gasteiger partial charge in [0.2, 0.25) is 0 Å². The summed E-state index contributed by atoms with van der Waals surface area (Å²) >= 11 is 1.79. The lowest BCUT2D eigenvalue weighted by Gasteiger charge is -2.24. The maximum absolute atomic E-state index is 7.16. The molecular weight excluding hydrogens is 919 g/mol. The molecule has 0 spiro atoms. The average Bonchev–Trinajstić information content (AvgIpc) is 4.19. The highest BCUT2D eigenvalue weighted by Gasteiger charge is 2.30. The molecule has 1 aliphatic rings. The minimum absolute atomic E-state index is 0.0977. The van der Waals surface area contributed by atoms with Crippen LogP contribution in [0, 0.1) is 0 Å². The van der Waals surface area contributed by atoms with Gasteiger partial charge in [-0.25, -0.2) is 15.0 Å². The van der Waals surface area contributed by atoms with Crippen LogP contribution in [0.2, 0.25) is 0 Å². The minimum atomic E-state index is 0.0977. The molecule has 1 aliphatic carbocycles. The molecule has 0 fully saturated rings. The number of hydrogen-bond acceptors (Lipinski definition) is 4. The third-order valence-corrected chi connectivity index (χ3v) is 16.2. The molecule has 4 aromatic heterocycles. The van der Waals surface area contributed by atoms with Crippen molar-refractivity contribution in [1.29, 1.82) is 0 Å². The molecule has 13 aromatic rings. The molecule has 0 saturated carbocycles.